The van der Waals surface area contributed by atoms with Gasteiger partial charge in [0.15, 0.2) is 11.6 Å². The molecule has 0 bridgehead atoms. The summed E-state index contributed by atoms with van der Waals surface area (Å²) >= 11 is 21.4. The van der Waals surface area contributed by atoms with Gasteiger partial charge in [-0.2, -0.15) is 5.10 Å². The van der Waals surface area contributed by atoms with Crippen molar-refractivity contribution in [2.24, 2.45) is 0 Å². The van der Waals surface area contributed by atoms with Crippen LogP contribution in [-0.4, -0.2) is 15.7 Å². The Hall–Kier alpha value is -2.45. The van der Waals surface area contributed by atoms with Gasteiger partial charge in [0.1, 0.15) is 18.1 Å². The molecule has 164 valence electrons. The minimum absolute atomic E-state index is 0.139. The molecule has 32 heavy (non-hydrogen) atoms. The predicted molar refractivity (Wildman–Crippen MR) is 128 cm³/mol. The van der Waals surface area contributed by atoms with Crippen molar-refractivity contribution in [1.29, 1.82) is 0 Å². The molecular formula is C22H15BrCl3N3O3. The SMILES string of the molecule is O=C(Nc1nn(Cc2ccc(Cl)c(Cl)c2)cc1Br)c1ccc(COc2cccc(Cl)c2)o1. The third-order valence-corrected chi connectivity index (χ3v) is 5.89. The molecule has 0 spiro atoms. The van der Waals surface area contributed by atoms with Crippen LogP contribution in [0.4, 0.5) is 5.82 Å². The molecule has 0 radical (unpaired) electrons. The fourth-order valence-electron chi connectivity index (χ4n) is 2.85. The van der Waals surface area contributed by atoms with Gasteiger partial charge >= 0.3 is 0 Å². The van der Waals surface area contributed by atoms with E-state index in [0.717, 1.165) is 5.56 Å². The number of benzene rings is 2. The van der Waals surface area contributed by atoms with Gasteiger partial charge in [-0.3, -0.25) is 9.48 Å². The van der Waals surface area contributed by atoms with Crippen LogP contribution >= 0.6 is 50.7 Å². The number of aromatic nitrogens is 2. The van der Waals surface area contributed by atoms with E-state index in [1.54, 1.807) is 59.4 Å². The van der Waals surface area contributed by atoms with Crippen LogP contribution < -0.4 is 10.1 Å². The lowest BCUT2D eigenvalue weighted by Crippen LogP contribution is -2.12. The number of carbonyl (C=O) groups excluding carboxylic acids is 1. The molecule has 0 saturated heterocycles. The first-order valence-corrected chi connectivity index (χ1v) is 11.3. The van der Waals surface area contributed by atoms with Crippen LogP contribution in [0.25, 0.3) is 0 Å². The topological polar surface area (TPSA) is 69.3 Å². The first-order chi connectivity index (χ1) is 15.4. The maximum atomic E-state index is 12.6. The molecule has 0 atom stereocenters. The van der Waals surface area contributed by atoms with Gasteiger partial charge in [-0.05, 0) is 64.0 Å². The third kappa shape index (κ3) is 5.66. The molecule has 0 unspecified atom stereocenters. The van der Waals surface area contributed by atoms with Gasteiger partial charge < -0.3 is 14.5 Å². The summed E-state index contributed by atoms with van der Waals surface area (Å²) in [5, 5.41) is 8.66. The van der Waals surface area contributed by atoms with E-state index < -0.39 is 5.91 Å². The molecule has 2 heterocycles. The molecule has 0 aliphatic rings. The zero-order valence-electron chi connectivity index (χ0n) is 16.3. The van der Waals surface area contributed by atoms with Crippen LogP contribution in [0.1, 0.15) is 21.9 Å². The van der Waals surface area contributed by atoms with Gasteiger partial charge in [0.05, 0.1) is 21.1 Å². The summed E-state index contributed by atoms with van der Waals surface area (Å²) in [7, 11) is 0. The second-order valence-electron chi connectivity index (χ2n) is 6.74. The van der Waals surface area contributed by atoms with Crippen molar-refractivity contribution >= 4 is 62.5 Å². The molecule has 10 heteroatoms. The Morgan fingerprint density at radius 1 is 1.09 bits per heavy atom. The maximum Gasteiger partial charge on any atom is 0.292 e. The number of carbonyl (C=O) groups is 1. The van der Waals surface area contributed by atoms with E-state index in [9.17, 15) is 4.79 Å². The maximum absolute atomic E-state index is 12.6. The van der Waals surface area contributed by atoms with Crippen molar-refractivity contribution in [1.82, 2.24) is 9.78 Å². The number of furan rings is 1. The summed E-state index contributed by atoms with van der Waals surface area (Å²) < 4.78 is 13.5. The second kappa shape index (κ2) is 10.0. The second-order valence-corrected chi connectivity index (χ2v) is 8.84. The highest BCUT2D eigenvalue weighted by Crippen LogP contribution is 2.25. The molecule has 0 aliphatic carbocycles. The Bertz CT molecular complexity index is 1270. The predicted octanol–water partition coefficient (Wildman–Crippen LogP) is 7.08. The molecule has 6 nitrogen and oxygen atoms in total. The summed E-state index contributed by atoms with van der Waals surface area (Å²) in [6, 6.07) is 15.6. The van der Waals surface area contributed by atoms with E-state index in [2.05, 4.69) is 26.3 Å². The molecule has 4 aromatic rings. The number of rotatable bonds is 7. The lowest BCUT2D eigenvalue weighted by atomic mass is 10.2. The standard InChI is InChI=1S/C22H15BrCl3N3O3/c23-17-11-29(10-13-4-6-18(25)19(26)8-13)28-21(17)27-22(30)20-7-5-16(32-20)12-31-15-3-1-2-14(24)9-15/h1-9,11H,10,12H2,(H,27,28,30). The van der Waals surface area contributed by atoms with Gasteiger partial charge in [-0.25, -0.2) is 0 Å². The van der Waals surface area contributed by atoms with Gasteiger partial charge in [-0.15, -0.1) is 0 Å². The number of nitrogens with zero attached hydrogens (tertiary/aromatic N) is 2. The molecule has 0 fully saturated rings. The van der Waals surface area contributed by atoms with Crippen LogP contribution in [0.3, 0.4) is 0 Å². The minimum atomic E-state index is -0.431. The van der Waals surface area contributed by atoms with E-state index in [0.29, 0.717) is 43.4 Å². The van der Waals surface area contributed by atoms with Crippen LogP contribution in [0.5, 0.6) is 5.75 Å². The quantitative estimate of drug-likeness (QED) is 0.265. The van der Waals surface area contributed by atoms with E-state index in [1.165, 1.54) is 0 Å². The Balaban J connectivity index is 1.38. The fraction of sp³-hybridized carbons (Fsp3) is 0.0909. The van der Waals surface area contributed by atoms with Crippen molar-refractivity contribution in [3.05, 3.63) is 97.4 Å². The monoisotopic (exact) mass is 553 g/mol. The largest absolute Gasteiger partial charge is 0.486 e. The van der Waals surface area contributed by atoms with E-state index >= 15 is 0 Å². The number of anilines is 1. The number of hydrogen-bond donors (Lipinski definition) is 1. The molecule has 0 saturated carbocycles. The number of amides is 1. The third-order valence-electron chi connectivity index (χ3n) is 4.34. The van der Waals surface area contributed by atoms with Crippen LogP contribution in [0, 0.1) is 0 Å². The van der Waals surface area contributed by atoms with Crippen LogP contribution in [0.2, 0.25) is 15.1 Å². The normalized spacial score (nSPS) is 10.9. The molecular weight excluding hydrogens is 541 g/mol. The zero-order valence-corrected chi connectivity index (χ0v) is 20.2. The highest BCUT2D eigenvalue weighted by molar-refractivity contribution is 9.10. The Labute approximate surface area is 207 Å². The Kier molecular flexibility index (Phi) is 7.10. The summed E-state index contributed by atoms with van der Waals surface area (Å²) in [4.78, 5) is 12.6. The lowest BCUT2D eigenvalue weighted by molar-refractivity contribution is 0.0992. The summed E-state index contributed by atoms with van der Waals surface area (Å²) in [5.41, 5.74) is 0.919. The number of hydrogen-bond acceptors (Lipinski definition) is 4. The molecule has 4 rings (SSSR count). The highest BCUT2D eigenvalue weighted by Gasteiger charge is 2.16. The van der Waals surface area contributed by atoms with Gasteiger partial charge in [0, 0.05) is 11.2 Å². The molecule has 1 N–H and O–H groups in total. The minimum Gasteiger partial charge on any atom is -0.486 e. The van der Waals surface area contributed by atoms with E-state index in [1.807, 2.05) is 6.07 Å². The molecule has 2 aromatic carbocycles. The summed E-state index contributed by atoms with van der Waals surface area (Å²) in [6.45, 7) is 0.618. The Morgan fingerprint density at radius 2 is 1.94 bits per heavy atom. The Morgan fingerprint density at radius 3 is 2.72 bits per heavy atom. The van der Waals surface area contributed by atoms with Crippen LogP contribution in [0.15, 0.2) is 69.7 Å². The van der Waals surface area contributed by atoms with Crippen molar-refractivity contribution in [3.8, 4) is 5.75 Å². The van der Waals surface area contributed by atoms with Crippen molar-refractivity contribution in [2.75, 3.05) is 5.32 Å². The van der Waals surface area contributed by atoms with E-state index in [4.69, 9.17) is 44.0 Å². The summed E-state index contributed by atoms with van der Waals surface area (Å²) in [6.07, 6.45) is 1.75. The van der Waals surface area contributed by atoms with Crippen molar-refractivity contribution in [2.45, 2.75) is 13.2 Å². The van der Waals surface area contributed by atoms with Gasteiger partial charge in [0.25, 0.3) is 5.91 Å². The first kappa shape index (κ1) is 22.7. The van der Waals surface area contributed by atoms with Crippen molar-refractivity contribution < 1.29 is 13.9 Å². The smallest absolute Gasteiger partial charge is 0.292 e. The average molecular weight is 556 g/mol. The van der Waals surface area contributed by atoms with E-state index in [-0.39, 0.29) is 12.4 Å². The molecule has 1 amide bonds. The zero-order chi connectivity index (χ0) is 22.7. The number of halogens is 4. The molecule has 2 aromatic heterocycles. The van der Waals surface area contributed by atoms with Gasteiger partial charge in [-0.1, -0.05) is 46.9 Å². The highest BCUT2D eigenvalue weighted by atomic mass is 79.9. The average Bonchev–Trinajstić information content (AvgIpc) is 3.36. The first-order valence-electron chi connectivity index (χ1n) is 9.33. The lowest BCUT2D eigenvalue weighted by Gasteiger charge is -2.04. The summed E-state index contributed by atoms with van der Waals surface area (Å²) in [5.74, 6) is 1.18. The molecule has 0 aliphatic heterocycles. The number of ether oxygens (including phenoxy) is 1. The number of nitrogens with one attached hydrogen (secondary N) is 1. The van der Waals surface area contributed by atoms with Crippen LogP contribution in [-0.2, 0) is 13.2 Å². The fourth-order valence-corrected chi connectivity index (χ4v) is 3.76. The van der Waals surface area contributed by atoms with Crippen molar-refractivity contribution in [3.63, 3.8) is 0 Å². The van der Waals surface area contributed by atoms with Gasteiger partial charge in [0.2, 0.25) is 0 Å².